The highest BCUT2D eigenvalue weighted by molar-refractivity contribution is 7.89. The van der Waals surface area contributed by atoms with Gasteiger partial charge in [-0.2, -0.15) is 13.2 Å². The van der Waals surface area contributed by atoms with Crippen LogP contribution in [0.3, 0.4) is 0 Å². The molecule has 2 aromatic carbocycles. The van der Waals surface area contributed by atoms with Gasteiger partial charge in [0.15, 0.2) is 0 Å². The number of carbonyl (C=O) groups excluding carboxylic acids is 1. The number of hydrogen-bond donors (Lipinski definition) is 1. The van der Waals surface area contributed by atoms with Crippen molar-refractivity contribution in [3.05, 3.63) is 59.7 Å². The van der Waals surface area contributed by atoms with Crippen molar-refractivity contribution in [2.75, 3.05) is 37.6 Å². The summed E-state index contributed by atoms with van der Waals surface area (Å²) < 4.78 is 65.2. The average molecular weight is 470 g/mol. The van der Waals surface area contributed by atoms with Crippen molar-refractivity contribution in [3.63, 3.8) is 0 Å². The molecular weight excluding hydrogens is 443 g/mol. The maximum Gasteiger partial charge on any atom is 0.416 e. The highest BCUT2D eigenvalue weighted by Gasteiger charge is 2.31. The van der Waals surface area contributed by atoms with Gasteiger partial charge in [0.1, 0.15) is 0 Å². The van der Waals surface area contributed by atoms with Crippen LogP contribution in [0.15, 0.2) is 53.4 Å². The molecule has 0 aromatic heterocycles. The maximum absolute atomic E-state index is 12.9. The molecule has 1 amide bonds. The number of aryl methyl sites for hydroxylation is 1. The first-order valence-corrected chi connectivity index (χ1v) is 11.9. The second-order valence-corrected chi connectivity index (χ2v) is 9.33. The summed E-state index contributed by atoms with van der Waals surface area (Å²) in [5, 5.41) is 0. The zero-order valence-corrected chi connectivity index (χ0v) is 18.5. The molecule has 1 N–H and O–H groups in total. The van der Waals surface area contributed by atoms with Gasteiger partial charge >= 0.3 is 6.18 Å². The molecule has 32 heavy (non-hydrogen) atoms. The van der Waals surface area contributed by atoms with Crippen LogP contribution in [0.2, 0.25) is 0 Å². The van der Waals surface area contributed by atoms with Gasteiger partial charge in [0, 0.05) is 44.8 Å². The zero-order valence-electron chi connectivity index (χ0n) is 17.7. The van der Waals surface area contributed by atoms with E-state index in [9.17, 15) is 26.4 Å². The van der Waals surface area contributed by atoms with E-state index in [4.69, 9.17) is 0 Å². The van der Waals surface area contributed by atoms with Gasteiger partial charge in [-0.3, -0.25) is 4.79 Å². The number of piperazine rings is 1. The van der Waals surface area contributed by atoms with Gasteiger partial charge in [0.25, 0.3) is 0 Å². The third-order valence-corrected chi connectivity index (χ3v) is 6.93. The first-order valence-electron chi connectivity index (χ1n) is 10.4. The molecule has 1 aliphatic heterocycles. The minimum absolute atomic E-state index is 0.0296. The minimum Gasteiger partial charge on any atom is -0.368 e. The topological polar surface area (TPSA) is 69.7 Å². The fourth-order valence-electron chi connectivity index (χ4n) is 3.61. The van der Waals surface area contributed by atoms with E-state index in [0.717, 1.165) is 17.7 Å². The van der Waals surface area contributed by atoms with Gasteiger partial charge in [-0.05, 0) is 42.3 Å². The van der Waals surface area contributed by atoms with E-state index in [-0.39, 0.29) is 17.2 Å². The number of amides is 1. The number of benzene rings is 2. The number of hydrogen-bond acceptors (Lipinski definition) is 4. The monoisotopic (exact) mass is 469 g/mol. The number of halogens is 3. The molecule has 0 spiro atoms. The van der Waals surface area contributed by atoms with Gasteiger partial charge in [0.2, 0.25) is 15.9 Å². The number of sulfonamides is 1. The summed E-state index contributed by atoms with van der Waals surface area (Å²) in [6.07, 6.45) is -3.63. The van der Waals surface area contributed by atoms with E-state index >= 15 is 0 Å². The van der Waals surface area contributed by atoms with Gasteiger partial charge in [-0.25, -0.2) is 13.1 Å². The van der Waals surface area contributed by atoms with Crippen LogP contribution in [-0.2, 0) is 27.4 Å². The van der Waals surface area contributed by atoms with Crippen molar-refractivity contribution >= 4 is 21.6 Å². The quantitative estimate of drug-likeness (QED) is 0.676. The molecule has 0 bridgehead atoms. The maximum atomic E-state index is 12.9. The molecule has 0 saturated carbocycles. The summed E-state index contributed by atoms with van der Waals surface area (Å²) in [6.45, 7) is 3.81. The van der Waals surface area contributed by atoms with Crippen LogP contribution in [0.4, 0.5) is 18.9 Å². The Morgan fingerprint density at radius 2 is 1.69 bits per heavy atom. The van der Waals surface area contributed by atoms with E-state index < -0.39 is 21.8 Å². The van der Waals surface area contributed by atoms with Gasteiger partial charge in [-0.15, -0.1) is 0 Å². The van der Waals surface area contributed by atoms with Crippen LogP contribution in [0.1, 0.15) is 24.5 Å². The van der Waals surface area contributed by atoms with Crippen molar-refractivity contribution in [2.24, 2.45) is 0 Å². The van der Waals surface area contributed by atoms with Crippen LogP contribution in [0.5, 0.6) is 0 Å². The number of nitrogens with zero attached hydrogens (tertiary/aromatic N) is 2. The van der Waals surface area contributed by atoms with Crippen molar-refractivity contribution in [1.29, 1.82) is 0 Å². The van der Waals surface area contributed by atoms with Crippen LogP contribution < -0.4 is 9.62 Å². The Morgan fingerprint density at radius 1 is 1.03 bits per heavy atom. The lowest BCUT2D eigenvalue weighted by Gasteiger charge is -2.36. The number of alkyl halides is 3. The fraction of sp³-hybridized carbons (Fsp3) is 0.409. The minimum atomic E-state index is -4.39. The largest absolute Gasteiger partial charge is 0.416 e. The third kappa shape index (κ3) is 6.01. The number of rotatable bonds is 7. The Kier molecular flexibility index (Phi) is 7.45. The number of carbonyl (C=O) groups is 1. The van der Waals surface area contributed by atoms with E-state index in [1.165, 1.54) is 18.2 Å². The van der Waals surface area contributed by atoms with Gasteiger partial charge in [-0.1, -0.05) is 25.1 Å². The molecule has 1 aliphatic rings. The van der Waals surface area contributed by atoms with Crippen molar-refractivity contribution in [3.8, 4) is 0 Å². The Morgan fingerprint density at radius 3 is 2.28 bits per heavy atom. The first kappa shape index (κ1) is 24.1. The highest BCUT2D eigenvalue weighted by Crippen LogP contribution is 2.31. The van der Waals surface area contributed by atoms with Gasteiger partial charge < -0.3 is 9.80 Å². The molecule has 1 heterocycles. The summed E-state index contributed by atoms with van der Waals surface area (Å²) in [4.78, 5) is 16.3. The van der Waals surface area contributed by atoms with E-state index in [1.54, 1.807) is 30.0 Å². The summed E-state index contributed by atoms with van der Waals surface area (Å²) in [5.74, 6) is -0.0296. The van der Waals surface area contributed by atoms with Crippen LogP contribution >= 0.6 is 0 Å². The molecule has 1 fully saturated rings. The Balaban J connectivity index is 1.51. The van der Waals surface area contributed by atoms with Crippen molar-refractivity contribution in [1.82, 2.24) is 9.62 Å². The average Bonchev–Trinajstić information content (AvgIpc) is 2.77. The number of nitrogens with one attached hydrogen (secondary N) is 1. The Bertz CT molecular complexity index is 1030. The second kappa shape index (κ2) is 9.91. The molecular formula is C22H26F3N3O3S. The summed E-state index contributed by atoms with van der Waals surface area (Å²) >= 11 is 0. The predicted molar refractivity (Wildman–Crippen MR) is 116 cm³/mol. The molecule has 0 unspecified atom stereocenters. The first-order chi connectivity index (χ1) is 15.1. The molecule has 0 radical (unpaired) electrons. The molecule has 10 heteroatoms. The van der Waals surface area contributed by atoms with Gasteiger partial charge in [0.05, 0.1) is 10.5 Å². The molecule has 6 nitrogen and oxygen atoms in total. The van der Waals surface area contributed by atoms with E-state index in [0.29, 0.717) is 44.8 Å². The molecule has 0 atom stereocenters. The molecule has 3 rings (SSSR count). The lowest BCUT2D eigenvalue weighted by atomic mass is 10.1. The summed E-state index contributed by atoms with van der Waals surface area (Å²) in [7, 11) is -3.51. The predicted octanol–water partition coefficient (Wildman–Crippen LogP) is 3.29. The van der Waals surface area contributed by atoms with Crippen LogP contribution in [0, 0.1) is 0 Å². The Labute approximate surface area is 186 Å². The van der Waals surface area contributed by atoms with E-state index in [2.05, 4.69) is 4.72 Å². The van der Waals surface area contributed by atoms with E-state index in [1.807, 2.05) is 4.90 Å². The lowest BCUT2D eigenvalue weighted by molar-refractivity contribution is -0.137. The SMILES string of the molecule is CCNS(=O)(=O)c1ccc(CCC(=O)N2CCN(c3cccc(C(F)(F)F)c3)CC2)cc1. The molecule has 1 saturated heterocycles. The molecule has 0 aliphatic carbocycles. The fourth-order valence-corrected chi connectivity index (χ4v) is 4.65. The normalized spacial score (nSPS) is 15.1. The van der Waals surface area contributed by atoms with Crippen molar-refractivity contribution in [2.45, 2.75) is 30.8 Å². The summed E-state index contributed by atoms with van der Waals surface area (Å²) in [6, 6.07) is 11.7. The van der Waals surface area contributed by atoms with Crippen molar-refractivity contribution < 1.29 is 26.4 Å². The van der Waals surface area contributed by atoms with Crippen LogP contribution in [0.25, 0.3) is 0 Å². The highest BCUT2D eigenvalue weighted by atomic mass is 32.2. The lowest BCUT2D eigenvalue weighted by Crippen LogP contribution is -2.48. The third-order valence-electron chi connectivity index (χ3n) is 5.37. The number of anilines is 1. The summed E-state index contributed by atoms with van der Waals surface area (Å²) in [5.41, 5.74) is 0.675. The molecule has 174 valence electrons. The standard InChI is InChI=1S/C22H26F3N3O3S/c1-2-26-32(30,31)20-9-6-17(7-10-20)8-11-21(29)28-14-12-27(13-15-28)19-5-3-4-18(16-19)22(23,24)25/h3-7,9-10,16,26H,2,8,11-15H2,1H3. The Hall–Kier alpha value is -2.59. The zero-order chi connectivity index (χ0) is 23.4. The molecule has 2 aromatic rings. The van der Waals surface area contributed by atoms with Crippen LogP contribution in [-0.4, -0.2) is 51.9 Å². The second-order valence-electron chi connectivity index (χ2n) is 7.56. The smallest absolute Gasteiger partial charge is 0.368 e.